The SMILES string of the molecule is CC(=O)C1Cc2cccnc2CN1C. The van der Waals surface area contributed by atoms with Crippen LogP contribution in [0.1, 0.15) is 18.2 Å². The van der Waals surface area contributed by atoms with E-state index in [9.17, 15) is 4.79 Å². The number of likely N-dealkylation sites (N-methyl/N-ethyl adjacent to an activating group) is 1. The van der Waals surface area contributed by atoms with Gasteiger partial charge in [-0.1, -0.05) is 6.07 Å². The van der Waals surface area contributed by atoms with Crippen LogP contribution >= 0.6 is 0 Å². The van der Waals surface area contributed by atoms with E-state index in [4.69, 9.17) is 0 Å². The van der Waals surface area contributed by atoms with Crippen LogP contribution in [0.3, 0.4) is 0 Å². The molecule has 0 saturated heterocycles. The fourth-order valence-electron chi connectivity index (χ4n) is 1.96. The van der Waals surface area contributed by atoms with Crippen LogP contribution in [-0.4, -0.2) is 28.8 Å². The largest absolute Gasteiger partial charge is 0.298 e. The van der Waals surface area contributed by atoms with Crippen molar-refractivity contribution in [3.63, 3.8) is 0 Å². The summed E-state index contributed by atoms with van der Waals surface area (Å²) >= 11 is 0. The molecule has 0 amide bonds. The van der Waals surface area contributed by atoms with Crippen molar-refractivity contribution >= 4 is 5.78 Å². The van der Waals surface area contributed by atoms with Crippen LogP contribution in [0.2, 0.25) is 0 Å². The van der Waals surface area contributed by atoms with Gasteiger partial charge in [0.05, 0.1) is 11.7 Å². The summed E-state index contributed by atoms with van der Waals surface area (Å²) in [5, 5.41) is 0. The molecule has 1 aromatic heterocycles. The Labute approximate surface area is 83.8 Å². The maximum atomic E-state index is 11.4. The van der Waals surface area contributed by atoms with Gasteiger partial charge < -0.3 is 0 Å². The van der Waals surface area contributed by atoms with E-state index in [0.29, 0.717) is 0 Å². The molecule has 14 heavy (non-hydrogen) atoms. The number of hydrogen-bond donors (Lipinski definition) is 0. The van der Waals surface area contributed by atoms with Gasteiger partial charge in [0.2, 0.25) is 0 Å². The number of rotatable bonds is 1. The Kier molecular flexibility index (Phi) is 2.33. The highest BCUT2D eigenvalue weighted by atomic mass is 16.1. The molecule has 1 aliphatic rings. The molecule has 1 atom stereocenters. The summed E-state index contributed by atoms with van der Waals surface area (Å²) < 4.78 is 0. The number of ketones is 1. The van der Waals surface area contributed by atoms with E-state index in [1.54, 1.807) is 13.1 Å². The second kappa shape index (κ2) is 3.50. The van der Waals surface area contributed by atoms with Crippen molar-refractivity contribution in [2.75, 3.05) is 7.05 Å². The number of hydrogen-bond acceptors (Lipinski definition) is 3. The summed E-state index contributed by atoms with van der Waals surface area (Å²) in [7, 11) is 1.98. The average Bonchev–Trinajstić information content (AvgIpc) is 2.16. The minimum absolute atomic E-state index is 0.0340. The second-order valence-electron chi connectivity index (χ2n) is 3.85. The molecule has 0 spiro atoms. The van der Waals surface area contributed by atoms with Crippen LogP contribution in [-0.2, 0) is 17.8 Å². The third-order valence-electron chi connectivity index (χ3n) is 2.80. The normalized spacial score (nSPS) is 21.7. The molecule has 0 radical (unpaired) electrons. The van der Waals surface area contributed by atoms with Gasteiger partial charge in [-0.15, -0.1) is 0 Å². The van der Waals surface area contributed by atoms with Crippen molar-refractivity contribution in [2.45, 2.75) is 25.9 Å². The lowest BCUT2D eigenvalue weighted by Crippen LogP contribution is -2.42. The van der Waals surface area contributed by atoms with Gasteiger partial charge >= 0.3 is 0 Å². The van der Waals surface area contributed by atoms with Crippen molar-refractivity contribution in [1.82, 2.24) is 9.88 Å². The molecular weight excluding hydrogens is 176 g/mol. The molecule has 1 unspecified atom stereocenters. The van der Waals surface area contributed by atoms with Crippen molar-refractivity contribution in [1.29, 1.82) is 0 Å². The zero-order chi connectivity index (χ0) is 10.1. The number of fused-ring (bicyclic) bond motifs is 1. The summed E-state index contributed by atoms with van der Waals surface area (Å²) in [5.41, 5.74) is 2.32. The maximum Gasteiger partial charge on any atom is 0.147 e. The van der Waals surface area contributed by atoms with Crippen molar-refractivity contribution < 1.29 is 4.79 Å². The molecular formula is C11H14N2O. The van der Waals surface area contributed by atoms with Gasteiger partial charge in [-0.05, 0) is 32.0 Å². The lowest BCUT2D eigenvalue weighted by atomic mass is 9.96. The first-order chi connectivity index (χ1) is 6.68. The third-order valence-corrected chi connectivity index (χ3v) is 2.80. The van der Waals surface area contributed by atoms with E-state index in [-0.39, 0.29) is 11.8 Å². The first-order valence-electron chi connectivity index (χ1n) is 4.82. The highest BCUT2D eigenvalue weighted by Crippen LogP contribution is 2.20. The molecule has 1 aliphatic heterocycles. The van der Waals surface area contributed by atoms with Gasteiger partial charge in [0.1, 0.15) is 5.78 Å². The summed E-state index contributed by atoms with van der Waals surface area (Å²) in [6, 6.07) is 4.03. The van der Waals surface area contributed by atoms with E-state index >= 15 is 0 Å². The maximum absolute atomic E-state index is 11.4. The molecule has 2 heterocycles. The minimum Gasteiger partial charge on any atom is -0.298 e. The van der Waals surface area contributed by atoms with E-state index < -0.39 is 0 Å². The zero-order valence-corrected chi connectivity index (χ0v) is 8.53. The number of carbonyl (C=O) groups excluding carboxylic acids is 1. The minimum atomic E-state index is 0.0340. The number of Topliss-reactive ketones (excluding diaryl/α,β-unsaturated/α-hetero) is 1. The second-order valence-corrected chi connectivity index (χ2v) is 3.85. The van der Waals surface area contributed by atoms with E-state index in [0.717, 1.165) is 18.7 Å². The molecule has 1 aromatic rings. The van der Waals surface area contributed by atoms with E-state index in [1.807, 2.05) is 13.1 Å². The van der Waals surface area contributed by atoms with Crippen LogP contribution in [0.5, 0.6) is 0 Å². The molecule has 0 N–H and O–H groups in total. The topological polar surface area (TPSA) is 33.2 Å². The molecule has 0 aliphatic carbocycles. The van der Waals surface area contributed by atoms with E-state index in [2.05, 4.69) is 16.0 Å². The van der Waals surface area contributed by atoms with Gasteiger partial charge in [-0.25, -0.2) is 0 Å². The Bertz CT molecular complexity index is 362. The molecule has 3 heteroatoms. The fraction of sp³-hybridized carbons (Fsp3) is 0.455. The average molecular weight is 190 g/mol. The smallest absolute Gasteiger partial charge is 0.147 e. The van der Waals surface area contributed by atoms with Crippen LogP contribution in [0.4, 0.5) is 0 Å². The molecule has 74 valence electrons. The Morgan fingerprint density at radius 2 is 2.43 bits per heavy atom. The Hall–Kier alpha value is -1.22. The van der Waals surface area contributed by atoms with Gasteiger partial charge in [0, 0.05) is 12.7 Å². The summed E-state index contributed by atoms with van der Waals surface area (Å²) in [5.74, 6) is 0.238. The summed E-state index contributed by atoms with van der Waals surface area (Å²) in [6.45, 7) is 2.43. The number of aromatic nitrogens is 1. The fourth-order valence-corrected chi connectivity index (χ4v) is 1.96. The monoisotopic (exact) mass is 190 g/mol. The Balaban J connectivity index is 2.31. The predicted molar refractivity (Wildman–Crippen MR) is 53.9 cm³/mol. The molecule has 3 nitrogen and oxygen atoms in total. The van der Waals surface area contributed by atoms with Crippen molar-refractivity contribution in [2.24, 2.45) is 0 Å². The number of pyridine rings is 1. The first-order valence-corrected chi connectivity index (χ1v) is 4.82. The van der Waals surface area contributed by atoms with Gasteiger partial charge in [-0.3, -0.25) is 14.7 Å². The van der Waals surface area contributed by atoms with Crippen LogP contribution in [0.25, 0.3) is 0 Å². The highest BCUT2D eigenvalue weighted by molar-refractivity contribution is 5.82. The molecule has 0 fully saturated rings. The third kappa shape index (κ3) is 1.55. The van der Waals surface area contributed by atoms with Crippen molar-refractivity contribution in [3.8, 4) is 0 Å². The lowest BCUT2D eigenvalue weighted by molar-refractivity contribution is -0.122. The van der Waals surface area contributed by atoms with Crippen LogP contribution in [0.15, 0.2) is 18.3 Å². The lowest BCUT2D eigenvalue weighted by Gasteiger charge is -2.31. The predicted octanol–water partition coefficient (Wildman–Crippen LogP) is 1.03. The Morgan fingerprint density at radius 1 is 1.64 bits per heavy atom. The summed E-state index contributed by atoms with van der Waals surface area (Å²) in [4.78, 5) is 17.7. The molecule has 0 saturated carbocycles. The molecule has 0 aromatic carbocycles. The van der Waals surface area contributed by atoms with Gasteiger partial charge in [0.15, 0.2) is 0 Å². The Morgan fingerprint density at radius 3 is 3.14 bits per heavy atom. The zero-order valence-electron chi connectivity index (χ0n) is 8.53. The highest BCUT2D eigenvalue weighted by Gasteiger charge is 2.26. The molecule has 0 bridgehead atoms. The first kappa shape index (κ1) is 9.34. The van der Waals surface area contributed by atoms with Crippen LogP contribution < -0.4 is 0 Å². The standard InChI is InChI=1S/C11H14N2O/c1-8(14)11-6-9-4-3-5-12-10(9)7-13(11)2/h3-5,11H,6-7H2,1-2H3. The van der Waals surface area contributed by atoms with Gasteiger partial charge in [-0.2, -0.15) is 0 Å². The molecule has 2 rings (SSSR count). The van der Waals surface area contributed by atoms with Crippen molar-refractivity contribution in [3.05, 3.63) is 29.6 Å². The van der Waals surface area contributed by atoms with Crippen LogP contribution in [0, 0.1) is 0 Å². The summed E-state index contributed by atoms with van der Waals surface area (Å²) in [6.07, 6.45) is 2.61. The van der Waals surface area contributed by atoms with E-state index in [1.165, 1.54) is 5.56 Å². The van der Waals surface area contributed by atoms with Gasteiger partial charge in [0.25, 0.3) is 0 Å². The number of nitrogens with zero attached hydrogens (tertiary/aromatic N) is 2. The number of carbonyl (C=O) groups is 1. The quantitative estimate of drug-likeness (QED) is 0.663.